The summed E-state index contributed by atoms with van der Waals surface area (Å²) in [5, 5.41) is 23.1. The summed E-state index contributed by atoms with van der Waals surface area (Å²) < 4.78 is 10.1. The summed E-state index contributed by atoms with van der Waals surface area (Å²) in [6.07, 6.45) is 0.0827. The molecule has 1 atom stereocenters. The van der Waals surface area contributed by atoms with Crippen LogP contribution in [0.5, 0.6) is 0 Å². The van der Waals surface area contributed by atoms with E-state index in [4.69, 9.17) is 9.47 Å². The van der Waals surface area contributed by atoms with Gasteiger partial charge in [0.25, 0.3) is 11.6 Å². The number of methoxy groups -OCH3 is 1. The van der Waals surface area contributed by atoms with E-state index in [9.17, 15) is 24.8 Å². The maximum atomic E-state index is 12.7. The molecule has 2 rings (SSSR count). The van der Waals surface area contributed by atoms with Crippen molar-refractivity contribution in [3.05, 3.63) is 33.9 Å². The Balaban J connectivity index is 2.34. The first kappa shape index (κ1) is 19.6. The second-order valence-corrected chi connectivity index (χ2v) is 5.68. The first-order valence-electron chi connectivity index (χ1n) is 8.08. The number of carboxylic acids is 1. The number of benzene rings is 1. The van der Waals surface area contributed by atoms with Crippen LogP contribution >= 0.6 is 0 Å². The van der Waals surface area contributed by atoms with Crippen molar-refractivity contribution >= 4 is 23.3 Å². The number of nitro groups is 1. The van der Waals surface area contributed by atoms with Crippen LogP contribution in [0.3, 0.4) is 0 Å². The van der Waals surface area contributed by atoms with Crippen LogP contribution in [-0.2, 0) is 14.3 Å². The molecule has 1 saturated heterocycles. The molecule has 0 aromatic heterocycles. The molecule has 26 heavy (non-hydrogen) atoms. The standard InChI is InChI=1S/C16H21N3O7/c1-25-8-5-12(16(21)22)17-15(20)11-3-2-4-13(19(23)24)14(11)18-6-9-26-10-7-18/h2-4,12H,5-10H2,1H3,(H,17,20)(H,21,22). The van der Waals surface area contributed by atoms with Gasteiger partial charge in [0.1, 0.15) is 11.7 Å². The van der Waals surface area contributed by atoms with Gasteiger partial charge in [0, 0.05) is 39.3 Å². The summed E-state index contributed by atoms with van der Waals surface area (Å²) in [6.45, 7) is 1.73. The smallest absolute Gasteiger partial charge is 0.326 e. The molecule has 10 heteroatoms. The van der Waals surface area contributed by atoms with Crippen LogP contribution in [0.1, 0.15) is 16.8 Å². The molecule has 10 nitrogen and oxygen atoms in total. The molecule has 0 aliphatic carbocycles. The molecule has 0 saturated carbocycles. The highest BCUT2D eigenvalue weighted by Gasteiger charge is 2.29. The Morgan fingerprint density at radius 1 is 1.42 bits per heavy atom. The van der Waals surface area contributed by atoms with Crippen molar-refractivity contribution < 1.29 is 29.1 Å². The number of rotatable bonds is 8. The highest BCUT2D eigenvalue weighted by Crippen LogP contribution is 2.32. The van der Waals surface area contributed by atoms with Gasteiger partial charge in [-0.25, -0.2) is 4.79 Å². The van der Waals surface area contributed by atoms with Crippen molar-refractivity contribution in [2.24, 2.45) is 0 Å². The molecule has 1 aromatic carbocycles. The predicted octanol–water partition coefficient (Wildman–Crippen LogP) is 0.651. The zero-order chi connectivity index (χ0) is 19.1. The SMILES string of the molecule is COCCC(NC(=O)c1cccc([N+](=O)[O-])c1N1CCOCC1)C(=O)O. The number of carbonyl (C=O) groups excluding carboxylic acids is 1. The number of aliphatic carboxylic acids is 1. The third-order valence-electron chi connectivity index (χ3n) is 4.00. The normalized spacial score (nSPS) is 15.3. The highest BCUT2D eigenvalue weighted by atomic mass is 16.6. The number of hydrogen-bond acceptors (Lipinski definition) is 7. The number of nitrogens with zero attached hydrogens (tertiary/aromatic N) is 2. The van der Waals surface area contributed by atoms with E-state index in [0.717, 1.165) is 0 Å². The van der Waals surface area contributed by atoms with Gasteiger partial charge >= 0.3 is 5.97 Å². The number of ether oxygens (including phenoxy) is 2. The van der Waals surface area contributed by atoms with Gasteiger partial charge in [-0.1, -0.05) is 6.07 Å². The quantitative estimate of drug-likeness (QED) is 0.506. The number of nitro benzene ring substituents is 1. The number of carbonyl (C=O) groups is 2. The second kappa shape index (κ2) is 9.11. The molecular weight excluding hydrogens is 346 g/mol. The van der Waals surface area contributed by atoms with Gasteiger partial charge in [0.15, 0.2) is 0 Å². The van der Waals surface area contributed by atoms with Crippen molar-refractivity contribution in [2.75, 3.05) is 44.9 Å². The molecule has 1 unspecified atom stereocenters. The number of nitrogens with one attached hydrogen (secondary N) is 1. The van der Waals surface area contributed by atoms with Crippen LogP contribution in [-0.4, -0.2) is 68.0 Å². The van der Waals surface area contributed by atoms with Gasteiger partial charge in [-0.3, -0.25) is 14.9 Å². The highest BCUT2D eigenvalue weighted by molar-refractivity contribution is 6.03. The lowest BCUT2D eigenvalue weighted by Gasteiger charge is -2.30. The van der Waals surface area contributed by atoms with E-state index in [1.165, 1.54) is 25.3 Å². The first-order valence-corrected chi connectivity index (χ1v) is 8.08. The fraction of sp³-hybridized carbons (Fsp3) is 0.500. The van der Waals surface area contributed by atoms with Crippen molar-refractivity contribution in [2.45, 2.75) is 12.5 Å². The van der Waals surface area contributed by atoms with E-state index in [1.807, 2.05) is 0 Å². The van der Waals surface area contributed by atoms with Gasteiger partial charge in [0.2, 0.25) is 0 Å². The Bertz CT molecular complexity index is 674. The number of carboxylic acid groups (broad SMARTS) is 1. The van der Waals surface area contributed by atoms with Crippen molar-refractivity contribution in [3.8, 4) is 0 Å². The molecule has 1 aromatic rings. The Kier molecular flexibility index (Phi) is 6.87. The van der Waals surface area contributed by atoms with E-state index < -0.39 is 22.8 Å². The monoisotopic (exact) mass is 367 g/mol. The molecule has 0 bridgehead atoms. The number of hydrogen-bond donors (Lipinski definition) is 2. The molecule has 1 aliphatic rings. The molecule has 1 fully saturated rings. The summed E-state index contributed by atoms with van der Waals surface area (Å²) in [5.74, 6) is -1.88. The van der Waals surface area contributed by atoms with Crippen LogP contribution in [0.15, 0.2) is 18.2 Å². The summed E-state index contributed by atoms with van der Waals surface area (Å²) >= 11 is 0. The molecule has 1 amide bonds. The Labute approximate surface area is 149 Å². The summed E-state index contributed by atoms with van der Waals surface area (Å²) in [5.41, 5.74) is 0.0299. The van der Waals surface area contributed by atoms with E-state index >= 15 is 0 Å². The third-order valence-corrected chi connectivity index (χ3v) is 4.00. The molecule has 0 spiro atoms. The van der Waals surface area contributed by atoms with E-state index in [-0.39, 0.29) is 30.0 Å². The average Bonchev–Trinajstić information content (AvgIpc) is 2.64. The number of amides is 1. The van der Waals surface area contributed by atoms with E-state index in [0.29, 0.717) is 26.3 Å². The third kappa shape index (κ3) is 4.67. The van der Waals surface area contributed by atoms with Crippen LogP contribution in [0.2, 0.25) is 0 Å². The van der Waals surface area contributed by atoms with E-state index in [1.54, 1.807) is 4.90 Å². The van der Waals surface area contributed by atoms with Crippen LogP contribution in [0, 0.1) is 10.1 Å². The lowest BCUT2D eigenvalue weighted by molar-refractivity contribution is -0.384. The Morgan fingerprint density at radius 2 is 2.12 bits per heavy atom. The number of morpholine rings is 1. The first-order chi connectivity index (χ1) is 12.5. The number of para-hydroxylation sites is 1. The number of anilines is 1. The fourth-order valence-electron chi connectivity index (χ4n) is 2.71. The second-order valence-electron chi connectivity index (χ2n) is 5.68. The largest absolute Gasteiger partial charge is 0.480 e. The molecule has 1 aliphatic heterocycles. The Hall–Kier alpha value is -2.72. The molecule has 2 N–H and O–H groups in total. The maximum Gasteiger partial charge on any atom is 0.326 e. The molecule has 0 radical (unpaired) electrons. The van der Waals surface area contributed by atoms with Gasteiger partial charge in [-0.2, -0.15) is 0 Å². The maximum absolute atomic E-state index is 12.7. The lowest BCUT2D eigenvalue weighted by Crippen LogP contribution is -2.43. The van der Waals surface area contributed by atoms with Crippen molar-refractivity contribution in [1.82, 2.24) is 5.32 Å². The van der Waals surface area contributed by atoms with Gasteiger partial charge in [0.05, 0.1) is 23.7 Å². The van der Waals surface area contributed by atoms with Crippen LogP contribution < -0.4 is 10.2 Å². The van der Waals surface area contributed by atoms with E-state index in [2.05, 4.69) is 5.32 Å². The predicted molar refractivity (Wildman–Crippen MR) is 91.5 cm³/mol. The van der Waals surface area contributed by atoms with Gasteiger partial charge in [-0.05, 0) is 6.07 Å². The van der Waals surface area contributed by atoms with Gasteiger partial charge < -0.3 is 24.8 Å². The minimum absolute atomic E-state index is 0.0600. The Morgan fingerprint density at radius 3 is 2.69 bits per heavy atom. The zero-order valence-corrected chi connectivity index (χ0v) is 14.3. The van der Waals surface area contributed by atoms with Crippen LogP contribution in [0.25, 0.3) is 0 Å². The van der Waals surface area contributed by atoms with Crippen molar-refractivity contribution in [3.63, 3.8) is 0 Å². The average molecular weight is 367 g/mol. The summed E-state index contributed by atoms with van der Waals surface area (Å²) in [7, 11) is 1.43. The molecule has 1 heterocycles. The molecular formula is C16H21N3O7. The van der Waals surface area contributed by atoms with Gasteiger partial charge in [-0.15, -0.1) is 0 Å². The minimum atomic E-state index is -1.20. The van der Waals surface area contributed by atoms with Crippen molar-refractivity contribution in [1.29, 1.82) is 0 Å². The molecule has 142 valence electrons. The van der Waals surface area contributed by atoms with Crippen LogP contribution in [0.4, 0.5) is 11.4 Å². The minimum Gasteiger partial charge on any atom is -0.480 e. The lowest BCUT2D eigenvalue weighted by atomic mass is 10.1. The fourth-order valence-corrected chi connectivity index (χ4v) is 2.71. The topological polar surface area (TPSA) is 131 Å². The zero-order valence-electron chi connectivity index (χ0n) is 14.3. The summed E-state index contributed by atoms with van der Waals surface area (Å²) in [4.78, 5) is 36.6. The summed E-state index contributed by atoms with van der Waals surface area (Å²) in [6, 6.07) is 3.02.